The zero-order valence-corrected chi connectivity index (χ0v) is 20.2. The lowest BCUT2D eigenvalue weighted by Gasteiger charge is -2.18. The fourth-order valence-corrected chi connectivity index (χ4v) is 5.97. The van der Waals surface area contributed by atoms with E-state index in [1.807, 2.05) is 0 Å². The summed E-state index contributed by atoms with van der Waals surface area (Å²) in [4.78, 5) is 0. The van der Waals surface area contributed by atoms with Gasteiger partial charge in [0.1, 0.15) is 0 Å². The lowest BCUT2D eigenvalue weighted by atomic mass is 10.1. The zero-order valence-electron chi connectivity index (χ0n) is 17.1. The highest BCUT2D eigenvalue weighted by Gasteiger charge is 2.24. The standard InChI is InChI=1S/C23H42P.HI/c1-4-5-6-7-8-9-10-11-12-13-14-18-21-24(2,3)22-23-19-16-15-17-20-23;/h15-17,19-20H,4-14,18,21-22H2,1-3H3;1H/q+1;/p-1. The van der Waals surface area contributed by atoms with Gasteiger partial charge in [-0.1, -0.05) is 101 Å². The molecule has 0 unspecified atom stereocenters. The van der Waals surface area contributed by atoms with E-state index in [2.05, 4.69) is 50.6 Å². The molecule has 0 nitrogen and oxygen atoms in total. The van der Waals surface area contributed by atoms with Crippen LogP contribution in [0.15, 0.2) is 30.3 Å². The van der Waals surface area contributed by atoms with Crippen LogP contribution in [0.5, 0.6) is 0 Å². The summed E-state index contributed by atoms with van der Waals surface area (Å²) in [7, 11) is -0.744. The van der Waals surface area contributed by atoms with Crippen LogP contribution >= 0.6 is 7.26 Å². The maximum Gasteiger partial charge on any atom is 0.0837 e. The highest BCUT2D eigenvalue weighted by Crippen LogP contribution is 2.54. The van der Waals surface area contributed by atoms with Gasteiger partial charge in [0.2, 0.25) is 0 Å². The highest BCUT2D eigenvalue weighted by molar-refractivity contribution is 7.73. The molecule has 0 radical (unpaired) electrons. The summed E-state index contributed by atoms with van der Waals surface area (Å²) in [5, 5.41) is 0. The molecular formula is C23H42IP. The molecule has 0 saturated heterocycles. The Morgan fingerprint density at radius 3 is 1.56 bits per heavy atom. The molecule has 1 rings (SSSR count). The minimum absolute atomic E-state index is 0. The fraction of sp³-hybridized carbons (Fsp3) is 0.739. The first-order valence-electron chi connectivity index (χ1n) is 10.5. The molecule has 0 heterocycles. The average molecular weight is 476 g/mol. The Labute approximate surface area is 176 Å². The minimum atomic E-state index is -0.744. The van der Waals surface area contributed by atoms with Crippen LogP contribution in [0.2, 0.25) is 0 Å². The van der Waals surface area contributed by atoms with Gasteiger partial charge in [-0.05, 0) is 18.4 Å². The van der Waals surface area contributed by atoms with Crippen LogP contribution in [0.4, 0.5) is 0 Å². The van der Waals surface area contributed by atoms with E-state index in [-0.39, 0.29) is 24.0 Å². The number of unbranched alkanes of at least 4 members (excludes halogenated alkanes) is 11. The predicted octanol–water partition coefficient (Wildman–Crippen LogP) is 5.17. The van der Waals surface area contributed by atoms with Gasteiger partial charge < -0.3 is 24.0 Å². The van der Waals surface area contributed by atoms with Gasteiger partial charge >= 0.3 is 0 Å². The van der Waals surface area contributed by atoms with Crippen molar-refractivity contribution in [2.24, 2.45) is 0 Å². The molecule has 25 heavy (non-hydrogen) atoms. The Morgan fingerprint density at radius 1 is 0.640 bits per heavy atom. The van der Waals surface area contributed by atoms with Crippen molar-refractivity contribution in [1.82, 2.24) is 0 Å². The fourth-order valence-electron chi connectivity index (χ4n) is 3.54. The van der Waals surface area contributed by atoms with Crippen molar-refractivity contribution >= 4 is 7.26 Å². The monoisotopic (exact) mass is 476 g/mol. The normalized spacial score (nSPS) is 11.3. The second-order valence-corrected chi connectivity index (χ2v) is 12.8. The van der Waals surface area contributed by atoms with E-state index in [0.29, 0.717) is 0 Å². The molecule has 146 valence electrons. The van der Waals surface area contributed by atoms with E-state index >= 15 is 0 Å². The third-order valence-corrected chi connectivity index (χ3v) is 7.82. The number of rotatable bonds is 15. The summed E-state index contributed by atoms with van der Waals surface area (Å²) < 4.78 is 0. The van der Waals surface area contributed by atoms with Crippen molar-refractivity contribution in [1.29, 1.82) is 0 Å². The second kappa shape index (κ2) is 16.5. The quantitative estimate of drug-likeness (QED) is 0.186. The Balaban J connectivity index is 0.00000576. The molecule has 0 fully saturated rings. The van der Waals surface area contributed by atoms with Crippen LogP contribution in [-0.2, 0) is 6.16 Å². The number of hydrogen-bond donors (Lipinski definition) is 0. The van der Waals surface area contributed by atoms with Gasteiger partial charge in [-0.25, -0.2) is 0 Å². The molecule has 0 spiro atoms. The predicted molar refractivity (Wildman–Crippen MR) is 115 cm³/mol. The molecule has 0 aliphatic carbocycles. The molecule has 0 N–H and O–H groups in total. The van der Waals surface area contributed by atoms with Crippen LogP contribution in [0.25, 0.3) is 0 Å². The van der Waals surface area contributed by atoms with E-state index in [1.54, 1.807) is 0 Å². The highest BCUT2D eigenvalue weighted by atomic mass is 127. The minimum Gasteiger partial charge on any atom is -1.00 e. The first-order chi connectivity index (χ1) is 11.6. The van der Waals surface area contributed by atoms with Gasteiger partial charge in [-0.15, -0.1) is 0 Å². The number of halogens is 1. The van der Waals surface area contributed by atoms with Crippen LogP contribution < -0.4 is 24.0 Å². The topological polar surface area (TPSA) is 0 Å². The summed E-state index contributed by atoms with van der Waals surface area (Å²) in [6.45, 7) is 7.38. The SMILES string of the molecule is CCCCCCCCCCCCCC[P+](C)(C)Cc1ccccc1.[I-]. The second-order valence-electron chi connectivity index (χ2n) is 8.19. The zero-order chi connectivity index (χ0) is 17.5. The smallest absolute Gasteiger partial charge is 0.0837 e. The molecule has 1 aromatic rings. The third kappa shape index (κ3) is 15.2. The summed E-state index contributed by atoms with van der Waals surface area (Å²) >= 11 is 0. The number of benzene rings is 1. The Hall–Kier alpha value is 0.380. The first kappa shape index (κ1) is 25.4. The molecule has 0 aromatic heterocycles. The van der Waals surface area contributed by atoms with E-state index in [9.17, 15) is 0 Å². The van der Waals surface area contributed by atoms with E-state index in [1.165, 1.54) is 94.9 Å². The Bertz CT molecular complexity index is 388. The van der Waals surface area contributed by atoms with Crippen molar-refractivity contribution in [3.63, 3.8) is 0 Å². The molecule has 1 aromatic carbocycles. The van der Waals surface area contributed by atoms with E-state index in [4.69, 9.17) is 0 Å². The van der Waals surface area contributed by atoms with Crippen LogP contribution in [-0.4, -0.2) is 19.5 Å². The van der Waals surface area contributed by atoms with Crippen LogP contribution in [0.1, 0.15) is 89.5 Å². The number of hydrogen-bond acceptors (Lipinski definition) is 0. The Kier molecular flexibility index (Phi) is 16.8. The van der Waals surface area contributed by atoms with Gasteiger partial charge in [-0.2, -0.15) is 0 Å². The molecule has 2 heteroatoms. The van der Waals surface area contributed by atoms with Crippen LogP contribution in [0.3, 0.4) is 0 Å². The van der Waals surface area contributed by atoms with Crippen molar-refractivity contribution in [3.8, 4) is 0 Å². The molecular weight excluding hydrogens is 434 g/mol. The Morgan fingerprint density at radius 2 is 1.08 bits per heavy atom. The third-order valence-electron chi connectivity index (χ3n) is 5.07. The molecule has 0 saturated carbocycles. The van der Waals surface area contributed by atoms with Gasteiger partial charge in [0.15, 0.2) is 0 Å². The first-order valence-corrected chi connectivity index (χ1v) is 13.6. The lowest BCUT2D eigenvalue weighted by molar-refractivity contribution is -0.00000546. The molecule has 0 bridgehead atoms. The molecule has 0 atom stereocenters. The summed E-state index contributed by atoms with van der Waals surface area (Å²) in [5.41, 5.74) is 1.54. The van der Waals surface area contributed by atoms with Gasteiger partial charge in [0.25, 0.3) is 0 Å². The van der Waals surface area contributed by atoms with Crippen molar-refractivity contribution < 1.29 is 24.0 Å². The molecule has 0 amide bonds. The van der Waals surface area contributed by atoms with Crippen molar-refractivity contribution in [3.05, 3.63) is 35.9 Å². The van der Waals surface area contributed by atoms with Crippen molar-refractivity contribution in [2.45, 2.75) is 90.1 Å². The van der Waals surface area contributed by atoms with E-state index in [0.717, 1.165) is 0 Å². The maximum absolute atomic E-state index is 2.54. The van der Waals surface area contributed by atoms with Gasteiger partial charge in [0, 0.05) is 20.6 Å². The van der Waals surface area contributed by atoms with Crippen molar-refractivity contribution in [2.75, 3.05) is 19.5 Å². The summed E-state index contributed by atoms with van der Waals surface area (Å²) in [6.07, 6.45) is 20.2. The molecule has 0 aliphatic rings. The largest absolute Gasteiger partial charge is 1.00 e. The maximum atomic E-state index is 2.54. The lowest BCUT2D eigenvalue weighted by Crippen LogP contribution is -3.00. The van der Waals surface area contributed by atoms with Crippen LogP contribution in [0, 0.1) is 0 Å². The average Bonchev–Trinajstić information content (AvgIpc) is 2.56. The molecule has 0 aliphatic heterocycles. The van der Waals surface area contributed by atoms with Gasteiger partial charge in [-0.3, -0.25) is 0 Å². The van der Waals surface area contributed by atoms with Gasteiger partial charge in [0.05, 0.1) is 12.3 Å². The van der Waals surface area contributed by atoms with E-state index < -0.39 is 7.26 Å². The summed E-state index contributed by atoms with van der Waals surface area (Å²) in [5.74, 6) is 0. The summed E-state index contributed by atoms with van der Waals surface area (Å²) in [6, 6.07) is 11.1.